The number of hydrogen-bond donors (Lipinski definition) is 0. The molecule has 0 radical (unpaired) electrons. The SMILES string of the molecule is O=C1CCCCN1CCCSc1ccccc1. The van der Waals surface area contributed by atoms with Crippen molar-refractivity contribution in [3.63, 3.8) is 0 Å². The molecule has 17 heavy (non-hydrogen) atoms. The highest BCUT2D eigenvalue weighted by Crippen LogP contribution is 2.18. The molecule has 2 rings (SSSR count). The third kappa shape index (κ3) is 4.08. The molecule has 1 aliphatic rings. The predicted octanol–water partition coefficient (Wildman–Crippen LogP) is 3.18. The Bertz CT molecular complexity index is 352. The summed E-state index contributed by atoms with van der Waals surface area (Å²) >= 11 is 1.87. The fourth-order valence-corrected chi connectivity index (χ4v) is 2.92. The van der Waals surface area contributed by atoms with Gasteiger partial charge in [0, 0.05) is 24.4 Å². The molecule has 3 heteroatoms. The van der Waals surface area contributed by atoms with Gasteiger partial charge in [0.2, 0.25) is 5.91 Å². The lowest BCUT2D eigenvalue weighted by Crippen LogP contribution is -2.36. The highest BCUT2D eigenvalue weighted by Gasteiger charge is 2.16. The van der Waals surface area contributed by atoms with Crippen molar-refractivity contribution in [3.8, 4) is 0 Å². The second-order valence-electron chi connectivity index (χ2n) is 4.35. The number of likely N-dealkylation sites (tertiary alicyclic amines) is 1. The van der Waals surface area contributed by atoms with Crippen molar-refractivity contribution in [2.45, 2.75) is 30.6 Å². The van der Waals surface area contributed by atoms with Crippen molar-refractivity contribution >= 4 is 17.7 Å². The first-order valence-electron chi connectivity index (χ1n) is 6.32. The van der Waals surface area contributed by atoms with E-state index in [0.717, 1.165) is 38.1 Å². The molecule has 0 aromatic heterocycles. The van der Waals surface area contributed by atoms with Gasteiger partial charge in [0.25, 0.3) is 0 Å². The molecule has 1 heterocycles. The standard InChI is InChI=1S/C14H19NOS/c16-14-9-4-5-10-15(14)11-6-12-17-13-7-2-1-3-8-13/h1-3,7-8H,4-6,9-12H2. The van der Waals surface area contributed by atoms with Crippen LogP contribution in [0.3, 0.4) is 0 Å². The van der Waals surface area contributed by atoms with Crippen LogP contribution in [0.1, 0.15) is 25.7 Å². The minimum Gasteiger partial charge on any atom is -0.343 e. The lowest BCUT2D eigenvalue weighted by atomic mass is 10.1. The third-order valence-electron chi connectivity index (χ3n) is 3.01. The second kappa shape index (κ2) is 6.70. The summed E-state index contributed by atoms with van der Waals surface area (Å²) in [5, 5.41) is 0. The summed E-state index contributed by atoms with van der Waals surface area (Å²) in [4.78, 5) is 14.9. The van der Waals surface area contributed by atoms with Crippen LogP contribution in [0.5, 0.6) is 0 Å². The number of thioether (sulfide) groups is 1. The first kappa shape index (κ1) is 12.5. The zero-order valence-electron chi connectivity index (χ0n) is 10.1. The van der Waals surface area contributed by atoms with E-state index in [1.54, 1.807) is 0 Å². The minimum absolute atomic E-state index is 0.348. The van der Waals surface area contributed by atoms with Gasteiger partial charge in [0.1, 0.15) is 0 Å². The van der Waals surface area contributed by atoms with Gasteiger partial charge in [-0.15, -0.1) is 11.8 Å². The van der Waals surface area contributed by atoms with Crippen LogP contribution >= 0.6 is 11.8 Å². The van der Waals surface area contributed by atoms with Crippen LogP contribution in [0, 0.1) is 0 Å². The van der Waals surface area contributed by atoms with Crippen LogP contribution in [0.2, 0.25) is 0 Å². The van der Waals surface area contributed by atoms with Crippen LogP contribution in [-0.4, -0.2) is 29.6 Å². The zero-order chi connectivity index (χ0) is 11.9. The number of nitrogens with zero attached hydrogens (tertiary/aromatic N) is 1. The highest BCUT2D eigenvalue weighted by molar-refractivity contribution is 7.99. The van der Waals surface area contributed by atoms with E-state index in [2.05, 4.69) is 24.3 Å². The van der Waals surface area contributed by atoms with E-state index in [1.807, 2.05) is 22.7 Å². The lowest BCUT2D eigenvalue weighted by Gasteiger charge is -2.26. The minimum atomic E-state index is 0.348. The second-order valence-corrected chi connectivity index (χ2v) is 5.52. The van der Waals surface area contributed by atoms with Gasteiger partial charge in [-0.25, -0.2) is 0 Å². The highest BCUT2D eigenvalue weighted by atomic mass is 32.2. The number of benzene rings is 1. The Morgan fingerprint density at radius 3 is 2.76 bits per heavy atom. The first-order chi connectivity index (χ1) is 8.36. The number of hydrogen-bond acceptors (Lipinski definition) is 2. The Hall–Kier alpha value is -0.960. The van der Waals surface area contributed by atoms with Gasteiger partial charge < -0.3 is 4.90 Å². The van der Waals surface area contributed by atoms with Gasteiger partial charge >= 0.3 is 0 Å². The van der Waals surface area contributed by atoms with Crippen LogP contribution < -0.4 is 0 Å². The van der Waals surface area contributed by atoms with Gasteiger partial charge in [-0.3, -0.25) is 4.79 Å². The fourth-order valence-electron chi connectivity index (χ4n) is 2.06. The van der Waals surface area contributed by atoms with Gasteiger partial charge in [-0.2, -0.15) is 0 Å². The molecule has 0 saturated carbocycles. The molecule has 0 aliphatic carbocycles. The smallest absolute Gasteiger partial charge is 0.222 e. The number of carbonyl (C=O) groups is 1. The maximum absolute atomic E-state index is 11.6. The average Bonchev–Trinajstić information content (AvgIpc) is 2.38. The molecule has 1 aromatic rings. The van der Waals surface area contributed by atoms with Crippen LogP contribution in [-0.2, 0) is 4.79 Å². The summed E-state index contributed by atoms with van der Waals surface area (Å²) in [5.74, 6) is 1.44. The van der Waals surface area contributed by atoms with E-state index in [0.29, 0.717) is 5.91 Å². The zero-order valence-corrected chi connectivity index (χ0v) is 10.9. The molecule has 1 amide bonds. The number of amides is 1. The monoisotopic (exact) mass is 249 g/mol. The normalized spacial score (nSPS) is 16.2. The molecule has 92 valence electrons. The van der Waals surface area contributed by atoms with Crippen molar-refractivity contribution in [2.75, 3.05) is 18.8 Å². The van der Waals surface area contributed by atoms with Crippen molar-refractivity contribution in [3.05, 3.63) is 30.3 Å². The van der Waals surface area contributed by atoms with Crippen molar-refractivity contribution in [1.82, 2.24) is 4.90 Å². The molecule has 0 bridgehead atoms. The first-order valence-corrected chi connectivity index (χ1v) is 7.30. The molecule has 1 saturated heterocycles. The molecule has 2 nitrogen and oxygen atoms in total. The largest absolute Gasteiger partial charge is 0.343 e. The summed E-state index contributed by atoms with van der Waals surface area (Å²) in [7, 11) is 0. The molecule has 1 aromatic carbocycles. The van der Waals surface area contributed by atoms with E-state index < -0.39 is 0 Å². The number of rotatable bonds is 5. The molecule has 1 fully saturated rings. The molecule has 0 atom stereocenters. The Kier molecular flexibility index (Phi) is 4.92. The Morgan fingerprint density at radius 2 is 2.00 bits per heavy atom. The maximum Gasteiger partial charge on any atom is 0.222 e. The molecule has 0 unspecified atom stereocenters. The summed E-state index contributed by atoms with van der Waals surface area (Å²) in [6.07, 6.45) is 4.10. The van der Waals surface area contributed by atoms with E-state index in [1.165, 1.54) is 11.3 Å². The average molecular weight is 249 g/mol. The Labute approximate surface area is 107 Å². The molecular formula is C14H19NOS. The van der Waals surface area contributed by atoms with Crippen molar-refractivity contribution < 1.29 is 4.79 Å². The third-order valence-corrected chi connectivity index (χ3v) is 4.10. The Balaban J connectivity index is 1.64. The van der Waals surface area contributed by atoms with Crippen LogP contribution in [0.25, 0.3) is 0 Å². The summed E-state index contributed by atoms with van der Waals surface area (Å²) in [5.41, 5.74) is 0. The predicted molar refractivity (Wildman–Crippen MR) is 72.2 cm³/mol. The van der Waals surface area contributed by atoms with Crippen LogP contribution in [0.15, 0.2) is 35.2 Å². The van der Waals surface area contributed by atoms with Crippen LogP contribution in [0.4, 0.5) is 0 Å². The lowest BCUT2D eigenvalue weighted by molar-refractivity contribution is -0.133. The van der Waals surface area contributed by atoms with Gasteiger partial charge in [0.05, 0.1) is 0 Å². The molecule has 0 N–H and O–H groups in total. The summed E-state index contributed by atoms with van der Waals surface area (Å²) < 4.78 is 0. The van der Waals surface area contributed by atoms with E-state index >= 15 is 0 Å². The number of piperidine rings is 1. The topological polar surface area (TPSA) is 20.3 Å². The maximum atomic E-state index is 11.6. The summed E-state index contributed by atoms with van der Waals surface area (Å²) in [6, 6.07) is 10.4. The van der Waals surface area contributed by atoms with E-state index in [4.69, 9.17) is 0 Å². The molecule has 1 aliphatic heterocycles. The number of carbonyl (C=O) groups excluding carboxylic acids is 1. The van der Waals surface area contributed by atoms with Gasteiger partial charge in [-0.05, 0) is 37.1 Å². The quantitative estimate of drug-likeness (QED) is 0.590. The molecule has 0 spiro atoms. The van der Waals surface area contributed by atoms with Gasteiger partial charge in [0.15, 0.2) is 0 Å². The van der Waals surface area contributed by atoms with Gasteiger partial charge in [-0.1, -0.05) is 18.2 Å². The van der Waals surface area contributed by atoms with E-state index in [-0.39, 0.29) is 0 Å². The van der Waals surface area contributed by atoms with E-state index in [9.17, 15) is 4.79 Å². The molecular weight excluding hydrogens is 230 g/mol. The van der Waals surface area contributed by atoms with Crippen molar-refractivity contribution in [1.29, 1.82) is 0 Å². The summed E-state index contributed by atoms with van der Waals surface area (Å²) in [6.45, 7) is 1.90. The Morgan fingerprint density at radius 1 is 1.18 bits per heavy atom. The van der Waals surface area contributed by atoms with Crippen molar-refractivity contribution in [2.24, 2.45) is 0 Å². The fraction of sp³-hybridized carbons (Fsp3) is 0.500.